The molecule has 0 aromatic rings. The molecule has 0 saturated heterocycles. The van der Waals surface area contributed by atoms with Gasteiger partial charge in [-0.25, -0.2) is 0 Å². The molecular weight excluding hydrogens is 424 g/mol. The van der Waals surface area contributed by atoms with Crippen molar-refractivity contribution in [3.63, 3.8) is 0 Å². The molecule has 5 aliphatic carbocycles. The van der Waals surface area contributed by atoms with Crippen molar-refractivity contribution in [3.05, 3.63) is 11.1 Å². The van der Waals surface area contributed by atoms with Crippen LogP contribution in [0.5, 0.6) is 0 Å². The number of fused-ring (bicyclic) bond motifs is 6. The van der Waals surface area contributed by atoms with Crippen LogP contribution in [0.4, 0.5) is 0 Å². The molecule has 0 aliphatic heterocycles. The Kier molecular flexibility index (Phi) is 5.04. The second kappa shape index (κ2) is 6.91. The summed E-state index contributed by atoms with van der Waals surface area (Å²) in [7, 11) is 0. The molecule has 0 amide bonds. The molecule has 34 heavy (non-hydrogen) atoms. The largest absolute Gasteiger partial charge is 0.481 e. The van der Waals surface area contributed by atoms with Crippen LogP contribution >= 0.6 is 0 Å². The lowest BCUT2D eigenvalue weighted by atomic mass is 9.35. The molecule has 0 aromatic carbocycles. The van der Waals surface area contributed by atoms with E-state index in [1.807, 2.05) is 6.92 Å². The topological polar surface area (TPSA) is 77.8 Å². The van der Waals surface area contributed by atoms with Crippen molar-refractivity contribution in [3.8, 4) is 0 Å². The average molecular weight is 473 g/mol. The lowest BCUT2D eigenvalue weighted by Gasteiger charge is -2.69. The van der Waals surface area contributed by atoms with Crippen molar-refractivity contribution in [2.24, 2.45) is 44.3 Å². The maximum Gasteiger partial charge on any atom is 0.309 e. The van der Waals surface area contributed by atoms with Crippen LogP contribution in [0.25, 0.3) is 0 Å². The predicted octanol–water partition coefficient (Wildman–Crippen LogP) is 6.70. The molecule has 0 bridgehead atoms. The van der Waals surface area contributed by atoms with Crippen LogP contribution in [-0.4, -0.2) is 27.1 Å². The smallest absolute Gasteiger partial charge is 0.309 e. The molecule has 5 aliphatic rings. The van der Waals surface area contributed by atoms with Crippen LogP contribution in [0.15, 0.2) is 11.1 Å². The van der Waals surface area contributed by atoms with E-state index in [2.05, 4.69) is 41.5 Å². The van der Waals surface area contributed by atoms with E-state index in [1.165, 1.54) is 12.8 Å². The summed E-state index contributed by atoms with van der Waals surface area (Å²) in [4.78, 5) is 12.3. The van der Waals surface area contributed by atoms with Gasteiger partial charge in [0.15, 0.2) is 5.79 Å². The van der Waals surface area contributed by atoms with Gasteiger partial charge in [0.1, 0.15) is 0 Å². The van der Waals surface area contributed by atoms with Crippen LogP contribution in [0, 0.1) is 44.3 Å². The highest BCUT2D eigenvalue weighted by atomic mass is 16.5. The summed E-state index contributed by atoms with van der Waals surface area (Å²) in [6.07, 6.45) is 10.6. The lowest BCUT2D eigenvalue weighted by Crippen LogP contribution is -2.63. The average Bonchev–Trinajstić information content (AvgIpc) is 2.74. The Bertz CT molecular complexity index is 947. The molecule has 192 valence electrons. The second-order valence-corrected chi connectivity index (χ2v) is 15.0. The fourth-order valence-corrected chi connectivity index (χ4v) is 10.4. The first-order valence-corrected chi connectivity index (χ1v) is 13.9. The molecule has 0 spiro atoms. The number of hydrogen-bond acceptors (Lipinski definition) is 3. The zero-order valence-electron chi connectivity index (χ0n) is 22.7. The van der Waals surface area contributed by atoms with E-state index >= 15 is 0 Å². The minimum absolute atomic E-state index is 0.0271. The van der Waals surface area contributed by atoms with Gasteiger partial charge in [0.25, 0.3) is 0 Å². The van der Waals surface area contributed by atoms with Gasteiger partial charge in [0.05, 0.1) is 5.41 Å². The van der Waals surface area contributed by atoms with Crippen molar-refractivity contribution in [2.75, 3.05) is 0 Å². The fourth-order valence-electron chi connectivity index (χ4n) is 10.4. The van der Waals surface area contributed by atoms with Crippen molar-refractivity contribution < 1.29 is 20.1 Å². The number of carboxylic acids is 1. The number of allylic oxidation sites excluding steroid dienone is 2. The van der Waals surface area contributed by atoms with E-state index in [1.54, 1.807) is 11.1 Å². The van der Waals surface area contributed by atoms with Crippen LogP contribution < -0.4 is 0 Å². The lowest BCUT2D eigenvalue weighted by molar-refractivity contribution is -0.287. The number of hydrogen-bond donors (Lipinski definition) is 3. The van der Waals surface area contributed by atoms with Crippen molar-refractivity contribution in [2.45, 2.75) is 125 Å². The van der Waals surface area contributed by atoms with E-state index in [9.17, 15) is 20.1 Å². The molecular formula is C30H48O4. The maximum atomic E-state index is 12.3. The van der Waals surface area contributed by atoms with Gasteiger partial charge in [0, 0.05) is 11.8 Å². The summed E-state index contributed by atoms with van der Waals surface area (Å²) < 4.78 is 0. The first kappa shape index (κ1) is 24.8. The number of rotatable bonds is 1. The van der Waals surface area contributed by atoms with Gasteiger partial charge in [-0.3, -0.25) is 4.79 Å². The molecule has 0 unspecified atom stereocenters. The number of carboxylic acid groups (broad SMARTS) is 1. The summed E-state index contributed by atoms with van der Waals surface area (Å²) in [5, 5.41) is 31.9. The van der Waals surface area contributed by atoms with Gasteiger partial charge >= 0.3 is 5.97 Å². The molecule has 3 N–H and O–H groups in total. The normalized spacial score (nSPS) is 51.6. The highest BCUT2D eigenvalue weighted by Gasteiger charge is 2.67. The standard InChI is InChI=1S/C30H48O4/c1-24(2)21-9-8-20-19(27(21,5)15-17-30(24,33)34)10-11-29(7)22-18-26(4,23(31)32)13-12-25(22,3)14-16-28(20,29)6/h21-22,33-34H,8-18H2,1-7H3,(H,31,32)/t21-,22+,25+,26+,27+,28+,29-/m0/s1. The molecule has 0 radical (unpaired) electrons. The zero-order valence-corrected chi connectivity index (χ0v) is 22.7. The van der Waals surface area contributed by atoms with Crippen LogP contribution in [0.1, 0.15) is 119 Å². The summed E-state index contributed by atoms with van der Waals surface area (Å²) in [5.41, 5.74) is 2.65. The highest BCUT2D eigenvalue weighted by molar-refractivity contribution is 5.74. The first-order valence-electron chi connectivity index (χ1n) is 13.9. The Balaban J connectivity index is 1.59. The fraction of sp³-hybridized carbons (Fsp3) is 0.900. The Hall–Kier alpha value is -0.870. The quantitative estimate of drug-likeness (QED) is 0.293. The number of aliphatic carboxylic acids is 1. The maximum absolute atomic E-state index is 12.3. The third kappa shape index (κ3) is 2.82. The summed E-state index contributed by atoms with van der Waals surface area (Å²) >= 11 is 0. The zero-order chi connectivity index (χ0) is 25.2. The summed E-state index contributed by atoms with van der Waals surface area (Å²) in [5.74, 6) is -1.51. The molecule has 0 heterocycles. The van der Waals surface area contributed by atoms with Crippen molar-refractivity contribution in [1.29, 1.82) is 0 Å². The SMILES string of the molecule is CC1(C)[C@@H]2CCC3=C(CC[C@@]4(C)[C@@H]5C[C@](C)(C(=O)O)CC[C@]5(C)CC[C@]34C)[C@@]2(C)CCC1(O)O. The van der Waals surface area contributed by atoms with Gasteiger partial charge in [-0.15, -0.1) is 0 Å². The van der Waals surface area contributed by atoms with Crippen LogP contribution in [0.3, 0.4) is 0 Å². The van der Waals surface area contributed by atoms with E-state index in [4.69, 9.17) is 0 Å². The third-order valence-electron chi connectivity index (χ3n) is 13.4. The highest BCUT2D eigenvalue weighted by Crippen LogP contribution is 2.75. The van der Waals surface area contributed by atoms with Gasteiger partial charge < -0.3 is 15.3 Å². The summed E-state index contributed by atoms with van der Waals surface area (Å²) in [6, 6.07) is 0. The van der Waals surface area contributed by atoms with E-state index < -0.39 is 22.6 Å². The van der Waals surface area contributed by atoms with Gasteiger partial charge in [-0.1, -0.05) is 52.7 Å². The Labute approximate surface area is 206 Å². The van der Waals surface area contributed by atoms with E-state index in [0.717, 1.165) is 51.4 Å². The van der Waals surface area contributed by atoms with Crippen LogP contribution in [-0.2, 0) is 4.79 Å². The third-order valence-corrected chi connectivity index (χ3v) is 13.4. The molecule has 5 rings (SSSR count). The Morgan fingerprint density at radius 1 is 0.765 bits per heavy atom. The summed E-state index contributed by atoms with van der Waals surface area (Å²) in [6.45, 7) is 16.0. The monoisotopic (exact) mass is 472 g/mol. The van der Waals surface area contributed by atoms with Crippen molar-refractivity contribution in [1.82, 2.24) is 0 Å². The van der Waals surface area contributed by atoms with Gasteiger partial charge in [-0.2, -0.15) is 0 Å². The number of aliphatic hydroxyl groups is 2. The molecule has 7 atom stereocenters. The van der Waals surface area contributed by atoms with Crippen molar-refractivity contribution >= 4 is 5.97 Å². The molecule has 4 heteroatoms. The molecule has 4 nitrogen and oxygen atoms in total. The Morgan fingerprint density at radius 2 is 1.41 bits per heavy atom. The molecule has 3 fully saturated rings. The first-order chi connectivity index (χ1) is 15.5. The van der Waals surface area contributed by atoms with E-state index in [0.29, 0.717) is 12.3 Å². The van der Waals surface area contributed by atoms with E-state index in [-0.39, 0.29) is 27.6 Å². The molecule has 0 aromatic heterocycles. The second-order valence-electron chi connectivity index (χ2n) is 15.0. The molecule has 3 saturated carbocycles. The Morgan fingerprint density at radius 3 is 2.06 bits per heavy atom. The minimum Gasteiger partial charge on any atom is -0.481 e. The minimum atomic E-state index is -1.60. The van der Waals surface area contributed by atoms with Gasteiger partial charge in [0.2, 0.25) is 0 Å². The number of carbonyl (C=O) groups is 1. The van der Waals surface area contributed by atoms with Crippen LogP contribution in [0.2, 0.25) is 0 Å². The van der Waals surface area contributed by atoms with Gasteiger partial charge in [-0.05, 0) is 105 Å². The predicted molar refractivity (Wildman–Crippen MR) is 134 cm³/mol.